The number of hydrogen-bond donors (Lipinski definition) is 1. The molecular formula is C20H26N2O5S. The fraction of sp³-hybridized carbons (Fsp3) is 0.550. The summed E-state index contributed by atoms with van der Waals surface area (Å²) in [7, 11) is -3.53. The van der Waals surface area contributed by atoms with Crippen molar-refractivity contribution in [2.24, 2.45) is 5.92 Å². The number of rotatable bonds is 5. The van der Waals surface area contributed by atoms with Crippen LogP contribution in [0.2, 0.25) is 0 Å². The quantitative estimate of drug-likeness (QED) is 0.825. The molecule has 2 fully saturated rings. The molecule has 8 heteroatoms. The maximum Gasteiger partial charge on any atom is 0.287 e. The third kappa shape index (κ3) is 3.94. The van der Waals surface area contributed by atoms with Crippen molar-refractivity contribution < 1.29 is 22.4 Å². The van der Waals surface area contributed by atoms with Crippen molar-refractivity contribution in [1.29, 1.82) is 0 Å². The molecule has 0 radical (unpaired) electrons. The Bertz CT molecular complexity index is 954. The molecule has 1 aromatic heterocycles. The Morgan fingerprint density at radius 3 is 2.71 bits per heavy atom. The number of benzene rings is 1. The van der Waals surface area contributed by atoms with Crippen molar-refractivity contribution in [1.82, 2.24) is 9.62 Å². The van der Waals surface area contributed by atoms with E-state index < -0.39 is 10.0 Å². The first-order valence-corrected chi connectivity index (χ1v) is 11.3. The normalized spacial score (nSPS) is 22.0. The first kappa shape index (κ1) is 19.4. The molecule has 7 nitrogen and oxygen atoms in total. The van der Waals surface area contributed by atoms with Crippen LogP contribution in [-0.4, -0.2) is 51.0 Å². The maximum absolute atomic E-state index is 12.9. The Kier molecular flexibility index (Phi) is 5.44. The zero-order chi connectivity index (χ0) is 19.7. The number of fused-ring (bicyclic) bond motifs is 1. The highest BCUT2D eigenvalue weighted by Gasteiger charge is 2.28. The second-order valence-corrected chi connectivity index (χ2v) is 9.68. The topological polar surface area (TPSA) is 88.9 Å². The van der Waals surface area contributed by atoms with Gasteiger partial charge in [0.2, 0.25) is 10.0 Å². The summed E-state index contributed by atoms with van der Waals surface area (Å²) in [5, 5.41) is 3.42. The van der Waals surface area contributed by atoms with Crippen LogP contribution in [0, 0.1) is 5.92 Å². The fourth-order valence-corrected chi connectivity index (χ4v) is 5.27. The molecule has 0 aliphatic carbocycles. The van der Waals surface area contributed by atoms with Gasteiger partial charge in [0.25, 0.3) is 5.91 Å². The number of amides is 1. The lowest BCUT2D eigenvalue weighted by Gasteiger charge is -2.29. The highest BCUT2D eigenvalue weighted by Crippen LogP contribution is 2.27. The molecule has 1 amide bonds. The highest BCUT2D eigenvalue weighted by molar-refractivity contribution is 7.89. The number of nitrogens with zero attached hydrogens (tertiary/aromatic N) is 1. The molecule has 2 aliphatic rings. The Morgan fingerprint density at radius 2 is 2.00 bits per heavy atom. The number of ether oxygens (including phenoxy) is 1. The van der Waals surface area contributed by atoms with E-state index in [0.717, 1.165) is 32.3 Å². The summed E-state index contributed by atoms with van der Waals surface area (Å²) in [5.41, 5.74) is 0.494. The van der Waals surface area contributed by atoms with Crippen molar-refractivity contribution in [3.05, 3.63) is 30.0 Å². The van der Waals surface area contributed by atoms with Gasteiger partial charge in [-0.15, -0.1) is 0 Å². The van der Waals surface area contributed by atoms with Gasteiger partial charge in [0, 0.05) is 31.6 Å². The zero-order valence-corrected chi connectivity index (χ0v) is 16.8. The summed E-state index contributed by atoms with van der Waals surface area (Å²) in [4.78, 5) is 12.6. The van der Waals surface area contributed by atoms with Gasteiger partial charge in [0.15, 0.2) is 5.76 Å². The van der Waals surface area contributed by atoms with E-state index in [1.165, 1.54) is 0 Å². The number of piperidine rings is 1. The first-order valence-electron chi connectivity index (χ1n) is 9.87. The molecule has 1 N–H and O–H groups in total. The molecule has 1 unspecified atom stereocenters. The van der Waals surface area contributed by atoms with Gasteiger partial charge in [0.1, 0.15) is 5.58 Å². The summed E-state index contributed by atoms with van der Waals surface area (Å²) < 4.78 is 38.5. The van der Waals surface area contributed by atoms with E-state index in [-0.39, 0.29) is 22.7 Å². The number of nitrogens with one attached hydrogen (secondary N) is 1. The van der Waals surface area contributed by atoms with Crippen LogP contribution in [0.4, 0.5) is 0 Å². The molecule has 0 spiro atoms. The molecule has 0 bridgehead atoms. The Balaban J connectivity index is 1.50. The van der Waals surface area contributed by atoms with Crippen molar-refractivity contribution in [2.75, 3.05) is 26.2 Å². The SMILES string of the molecule is CC1CCN(S(=O)(=O)c2ccc3oc(C(=O)NCC4CCCO4)cc3c2)CC1. The molecular weight excluding hydrogens is 380 g/mol. The first-order chi connectivity index (χ1) is 13.4. The second-order valence-electron chi connectivity index (χ2n) is 7.74. The van der Waals surface area contributed by atoms with Gasteiger partial charge < -0.3 is 14.5 Å². The molecule has 152 valence electrons. The van der Waals surface area contributed by atoms with Crippen LogP contribution in [0.5, 0.6) is 0 Å². The number of furan rings is 1. The maximum atomic E-state index is 12.9. The lowest BCUT2D eigenvalue weighted by molar-refractivity contribution is 0.0837. The van der Waals surface area contributed by atoms with Crippen LogP contribution in [-0.2, 0) is 14.8 Å². The molecule has 28 heavy (non-hydrogen) atoms. The predicted molar refractivity (Wildman–Crippen MR) is 105 cm³/mol. The van der Waals surface area contributed by atoms with Crippen LogP contribution in [0.3, 0.4) is 0 Å². The number of carbonyl (C=O) groups excluding carboxylic acids is 1. The molecule has 1 atom stereocenters. The third-order valence-electron chi connectivity index (χ3n) is 5.61. The molecule has 2 aliphatic heterocycles. The van der Waals surface area contributed by atoms with Crippen molar-refractivity contribution in [2.45, 2.75) is 43.6 Å². The van der Waals surface area contributed by atoms with E-state index in [2.05, 4.69) is 12.2 Å². The van der Waals surface area contributed by atoms with Gasteiger partial charge >= 0.3 is 0 Å². The Labute approximate surface area is 165 Å². The molecule has 0 saturated carbocycles. The highest BCUT2D eigenvalue weighted by atomic mass is 32.2. The van der Waals surface area contributed by atoms with Crippen molar-refractivity contribution in [3.63, 3.8) is 0 Å². The predicted octanol–water partition coefficient (Wildman–Crippen LogP) is 2.76. The van der Waals surface area contributed by atoms with Crippen molar-refractivity contribution >= 4 is 26.9 Å². The smallest absolute Gasteiger partial charge is 0.287 e. The van der Waals surface area contributed by atoms with E-state index in [9.17, 15) is 13.2 Å². The third-order valence-corrected chi connectivity index (χ3v) is 7.50. The number of hydrogen-bond acceptors (Lipinski definition) is 5. The zero-order valence-electron chi connectivity index (χ0n) is 16.0. The lowest BCUT2D eigenvalue weighted by Crippen LogP contribution is -2.37. The average Bonchev–Trinajstić information content (AvgIpc) is 3.35. The molecule has 4 rings (SSSR count). The van der Waals surface area contributed by atoms with Gasteiger partial charge in [-0.25, -0.2) is 8.42 Å². The summed E-state index contributed by atoms with van der Waals surface area (Å²) >= 11 is 0. The van der Waals surface area contributed by atoms with Gasteiger partial charge in [-0.1, -0.05) is 6.92 Å². The molecule has 1 aromatic carbocycles. The molecule has 2 aromatic rings. The number of sulfonamides is 1. The Hall–Kier alpha value is -1.90. The summed E-state index contributed by atoms with van der Waals surface area (Å²) in [6.45, 7) is 4.42. The van der Waals surface area contributed by atoms with E-state index >= 15 is 0 Å². The van der Waals surface area contributed by atoms with Crippen LogP contribution in [0.1, 0.15) is 43.2 Å². The minimum absolute atomic E-state index is 0.0531. The average molecular weight is 407 g/mol. The van der Waals surface area contributed by atoms with E-state index in [1.54, 1.807) is 28.6 Å². The second kappa shape index (κ2) is 7.85. The van der Waals surface area contributed by atoms with Gasteiger partial charge in [0.05, 0.1) is 11.0 Å². The van der Waals surface area contributed by atoms with Crippen LogP contribution >= 0.6 is 0 Å². The van der Waals surface area contributed by atoms with E-state index in [1.807, 2.05) is 0 Å². The summed E-state index contributed by atoms with van der Waals surface area (Å²) in [5.74, 6) is 0.411. The van der Waals surface area contributed by atoms with Gasteiger partial charge in [-0.3, -0.25) is 4.79 Å². The van der Waals surface area contributed by atoms with Crippen LogP contribution in [0.25, 0.3) is 11.0 Å². The molecule has 2 saturated heterocycles. The monoisotopic (exact) mass is 406 g/mol. The minimum atomic E-state index is -3.53. The fourth-order valence-electron chi connectivity index (χ4n) is 3.77. The summed E-state index contributed by atoms with van der Waals surface area (Å²) in [6, 6.07) is 6.35. The largest absolute Gasteiger partial charge is 0.451 e. The standard InChI is InChI=1S/C20H26N2O5S/c1-14-6-8-22(9-7-14)28(24,25)17-4-5-18-15(11-17)12-19(27-18)20(23)21-13-16-3-2-10-26-16/h4-5,11-12,14,16H,2-3,6-10,13H2,1H3,(H,21,23). The van der Waals surface area contributed by atoms with Gasteiger partial charge in [-0.05, 0) is 55.9 Å². The van der Waals surface area contributed by atoms with Crippen molar-refractivity contribution in [3.8, 4) is 0 Å². The van der Waals surface area contributed by atoms with Gasteiger partial charge in [-0.2, -0.15) is 4.31 Å². The number of carbonyl (C=O) groups is 1. The molecule has 3 heterocycles. The van der Waals surface area contributed by atoms with Crippen LogP contribution in [0.15, 0.2) is 33.6 Å². The Morgan fingerprint density at radius 1 is 1.21 bits per heavy atom. The van der Waals surface area contributed by atoms with Crippen LogP contribution < -0.4 is 5.32 Å². The van der Waals surface area contributed by atoms with E-state index in [0.29, 0.717) is 36.5 Å². The summed E-state index contributed by atoms with van der Waals surface area (Å²) in [6.07, 6.45) is 3.76. The minimum Gasteiger partial charge on any atom is -0.451 e. The van der Waals surface area contributed by atoms with E-state index in [4.69, 9.17) is 9.15 Å². The lowest BCUT2D eigenvalue weighted by atomic mass is 10.0.